The van der Waals surface area contributed by atoms with Gasteiger partial charge in [0.1, 0.15) is 102 Å². The van der Waals surface area contributed by atoms with Gasteiger partial charge in [-0.2, -0.15) is 0 Å². The van der Waals surface area contributed by atoms with Crippen molar-refractivity contribution < 1.29 is 148 Å². The average Bonchev–Trinajstić information content (AvgIpc) is 0.761. The maximum Gasteiger partial charge on any atom is 0.295 e. The van der Waals surface area contributed by atoms with Crippen molar-refractivity contribution in [2.45, 2.75) is 298 Å². The highest BCUT2D eigenvalue weighted by Gasteiger charge is 2.53. The number of primary amides is 1. The van der Waals surface area contributed by atoms with Crippen LogP contribution in [-0.2, 0) is 68.6 Å². The third kappa shape index (κ3) is 26.0. The zero-order valence-corrected chi connectivity index (χ0v) is 76.0. The molecule has 132 heavy (non-hydrogen) atoms. The molecule has 0 aliphatic carbocycles. The molecule has 22 atom stereocenters. The summed E-state index contributed by atoms with van der Waals surface area (Å²) in [6, 6.07) is 7.18. The molecule has 22 N–H and O–H groups in total. The number of unbranched alkanes of at least 4 members (excludes halogenated alkanes) is 11. The fourth-order valence-electron chi connectivity index (χ4n) is 17.3. The number of amides is 5. The Kier molecular flexibility index (Phi) is 38.3. The Labute approximate surface area is 773 Å². The number of phenolic OH excluding ortho intramolecular Hbond substituents is 3. The molecule has 39 heteroatoms. The predicted octanol–water partition coefficient (Wildman–Crippen LogP) is 5.77. The summed E-state index contributed by atoms with van der Waals surface area (Å²) in [6.45, 7) is 9.00. The molecule has 12 rings (SSSR count). The Hall–Kier alpha value is -9.33. The topological polar surface area (TPSA) is 600 Å². The standard InChI is InChI=1S/C93H125Cl2N7O30/c1-7-9-10-11-12-13-14-15-16-17-19-29-98-93(6)40-71(127-46(5)86(93)121)131-85-83(120)81(118)69(43-104)130-92(85)132-84-67-35-51-36-68(84)129-66-27-24-50(33-58(66)95)77(114)75-90(125)102-91(126-44-105)55-39-61(108)56(41-97-28-20-18-21-60(107)79(116)82(119)80(117)64(111)42-103)78(115)72(55)54-31-48(22-25-59(54)106)53(89(124)101-75)38-63(110)73(51)99-88(123)52(37-70(96)112)34-62(109)74(100-87(122)47(8-2)30-45(3)4)76(113)49-23-26-65(128-67)57(94)32-49/h22-27,31-33,35-36,39,44-47,52-53,64,69,71,73-77,79-83,85-86,91-92,97-98,103-104,106,108,111,113-121H,7-21,28-30,34,37-38,40-43H2,1-6H3,(H2,96,112)(H,99,123)(H,100,122)(H,101,124)(H,102,125)/t46-,47+,52-,53-,64+,69+,71-,73+,74-,75-,76+,77+,79-,80+,81?,82+,83?,85+,86+,91+,92-,93?/m0/s1. The molecule has 726 valence electrons. The van der Waals surface area contributed by atoms with Gasteiger partial charge in [-0.3, -0.25) is 43.2 Å². The summed E-state index contributed by atoms with van der Waals surface area (Å²) >= 11 is 14.5. The molecule has 3 unspecified atom stereocenters. The number of phenols is 3. The first kappa shape index (κ1) is 105. The number of Topliss-reactive ketones (excluding diaryl/α,β-unsaturated/α-hetero) is 3. The minimum atomic E-state index is -2.26. The van der Waals surface area contributed by atoms with Gasteiger partial charge >= 0.3 is 0 Å². The largest absolute Gasteiger partial charge is 0.507 e. The van der Waals surface area contributed by atoms with E-state index in [1.54, 1.807) is 20.8 Å². The second-order valence-corrected chi connectivity index (χ2v) is 36.1. The Morgan fingerprint density at radius 1 is 0.682 bits per heavy atom. The quantitative estimate of drug-likeness (QED) is 0.0164. The number of halogens is 2. The molecule has 5 aromatic carbocycles. The highest BCUT2D eigenvalue weighted by molar-refractivity contribution is 6.32. The van der Waals surface area contributed by atoms with E-state index in [1.165, 1.54) is 62.8 Å². The monoisotopic (exact) mass is 1890 g/mol. The number of benzene rings is 5. The Morgan fingerprint density at radius 2 is 1.30 bits per heavy atom. The van der Waals surface area contributed by atoms with Gasteiger partial charge < -0.3 is 142 Å². The Bertz CT molecular complexity index is 4840. The molecular weight excluding hydrogens is 1770 g/mol. The van der Waals surface area contributed by atoms with Gasteiger partial charge in [0.05, 0.1) is 52.9 Å². The first-order chi connectivity index (χ1) is 62.8. The van der Waals surface area contributed by atoms with Gasteiger partial charge in [-0.25, -0.2) is 0 Å². The van der Waals surface area contributed by atoms with Gasteiger partial charge in [0.25, 0.3) is 6.47 Å². The summed E-state index contributed by atoms with van der Waals surface area (Å²) in [4.78, 5) is 132. The van der Waals surface area contributed by atoms with E-state index < -0.39 is 281 Å². The molecule has 5 amide bonds. The third-order valence-corrected chi connectivity index (χ3v) is 25.6. The lowest BCUT2D eigenvalue weighted by atomic mass is 9.84. The number of aromatic hydroxyl groups is 3. The van der Waals surface area contributed by atoms with Crippen molar-refractivity contribution in [1.29, 1.82) is 0 Å². The van der Waals surface area contributed by atoms with Crippen molar-refractivity contribution in [3.63, 3.8) is 0 Å². The zero-order chi connectivity index (χ0) is 96.3. The summed E-state index contributed by atoms with van der Waals surface area (Å²) in [7, 11) is 0. The van der Waals surface area contributed by atoms with E-state index in [0.717, 1.165) is 80.6 Å². The lowest BCUT2D eigenvalue weighted by Gasteiger charge is -2.48. The molecule has 0 saturated carbocycles. The van der Waals surface area contributed by atoms with E-state index >= 15 is 24.0 Å². The zero-order valence-electron chi connectivity index (χ0n) is 74.5. The van der Waals surface area contributed by atoms with Crippen molar-refractivity contribution in [3.05, 3.63) is 116 Å². The van der Waals surface area contributed by atoms with Crippen LogP contribution >= 0.6 is 23.2 Å². The van der Waals surface area contributed by atoms with Crippen LogP contribution in [0.25, 0.3) is 11.1 Å². The minimum absolute atomic E-state index is 0.00446. The molecule has 5 aromatic rings. The summed E-state index contributed by atoms with van der Waals surface area (Å²) in [6.07, 6.45) is -18.3. The molecule has 0 spiro atoms. The van der Waals surface area contributed by atoms with Crippen LogP contribution in [0.15, 0.2) is 72.8 Å². The Balaban J connectivity index is 1.13. The van der Waals surface area contributed by atoms with Crippen LogP contribution in [-0.4, -0.2) is 242 Å². The van der Waals surface area contributed by atoms with E-state index in [1.807, 2.05) is 13.8 Å². The van der Waals surface area contributed by atoms with E-state index in [9.17, 15) is 90.7 Å². The highest BCUT2D eigenvalue weighted by atomic mass is 35.5. The van der Waals surface area contributed by atoms with Crippen molar-refractivity contribution >= 4 is 76.6 Å². The fourth-order valence-corrected chi connectivity index (χ4v) is 17.8. The van der Waals surface area contributed by atoms with Gasteiger partial charge in [0.15, 0.2) is 41.2 Å². The first-order valence-corrected chi connectivity index (χ1v) is 45.7. The van der Waals surface area contributed by atoms with Gasteiger partial charge in [-0.1, -0.05) is 133 Å². The van der Waals surface area contributed by atoms with Gasteiger partial charge in [0.2, 0.25) is 47.8 Å². The number of ketones is 3. The van der Waals surface area contributed by atoms with Crippen LogP contribution in [0.3, 0.4) is 0 Å². The number of nitrogens with two attached hydrogens (primary N) is 1. The maximum atomic E-state index is 16.6. The third-order valence-electron chi connectivity index (χ3n) is 25.0. The molecule has 0 radical (unpaired) electrons. The number of aliphatic hydroxyl groups excluding tert-OH is 11. The SMILES string of the molecule is CCCCCCCCCCCCCNC1(C)C[C@H](O[C@@H]2C(O)C(O)[C@@H](CO)O[C@H]2Oc2c3cc4cc2Oc2ccc(cc2Cl)[C@@H](O)[C@@H](NC(=O)[C@H](CC)CC(C)C)C(=O)C[C@@H](CC(N)=O)C(=O)N[C@H]4C(=O)C[C@@H]2C(=O)N[C@H](C(=O)N[C@H](OC=O)c4cc(O)c(CNCCCCC(=O)[C@H](O)[C@@H](O)[C@H](O)[C@H](O)CO)c(O)c4-c4cc2ccc4O)[C@H](O)c2ccc(c(Cl)c2)O3)O[C@@H](C)[C@H]1O. The number of aliphatic hydroxyl groups is 11. The van der Waals surface area contributed by atoms with Crippen molar-refractivity contribution in [2.75, 3.05) is 26.3 Å². The van der Waals surface area contributed by atoms with Crippen LogP contribution in [0.5, 0.6) is 46.0 Å². The molecule has 2 saturated heterocycles. The average molecular weight is 1890 g/mol. The van der Waals surface area contributed by atoms with Crippen molar-refractivity contribution in [2.24, 2.45) is 23.5 Å². The molecule has 0 aromatic heterocycles. The van der Waals surface area contributed by atoms with Gasteiger partial charge in [0, 0.05) is 66.8 Å². The van der Waals surface area contributed by atoms with Crippen LogP contribution < -0.4 is 51.8 Å². The summed E-state index contributed by atoms with van der Waals surface area (Å²) < 4.78 is 45.3. The second kappa shape index (κ2) is 48.2. The summed E-state index contributed by atoms with van der Waals surface area (Å²) in [5.74, 6) is -18.5. The number of nitrogens with one attached hydrogen (secondary N) is 6. The van der Waals surface area contributed by atoms with E-state index in [0.29, 0.717) is 13.0 Å². The second-order valence-electron chi connectivity index (χ2n) is 35.3. The lowest BCUT2D eigenvalue weighted by molar-refractivity contribution is -0.334. The number of carbonyl (C=O) groups excluding carboxylic acids is 9. The number of rotatable bonds is 39. The molecule has 7 aliphatic heterocycles. The maximum absolute atomic E-state index is 16.6. The number of carbonyl (C=O) groups is 9. The molecule has 7 heterocycles. The van der Waals surface area contributed by atoms with Crippen molar-refractivity contribution in [1.82, 2.24) is 31.9 Å². The number of ether oxygens (including phenoxy) is 7. The van der Waals surface area contributed by atoms with E-state index in [-0.39, 0.29) is 89.8 Å². The molecule has 11 bridgehead atoms. The Morgan fingerprint density at radius 3 is 1.90 bits per heavy atom. The number of hydrogen-bond donors (Lipinski definition) is 21. The normalized spacial score (nSPS) is 26.4. The lowest BCUT2D eigenvalue weighted by Crippen LogP contribution is -2.65. The smallest absolute Gasteiger partial charge is 0.295 e. The molecular formula is C93H125Cl2N7O30. The molecule has 2 fully saturated rings. The number of hydrogen-bond acceptors (Lipinski definition) is 32. The van der Waals surface area contributed by atoms with Crippen LogP contribution in [0.1, 0.15) is 234 Å². The number of fused-ring (bicyclic) bond motifs is 15. The van der Waals surface area contributed by atoms with E-state index in [4.69, 9.17) is 62.1 Å². The minimum Gasteiger partial charge on any atom is -0.507 e. The highest BCUT2D eigenvalue weighted by Crippen LogP contribution is 2.52. The summed E-state index contributed by atoms with van der Waals surface area (Å²) in [5.41, 5.74) is 1.99. The van der Waals surface area contributed by atoms with Crippen LogP contribution in [0.4, 0.5) is 0 Å². The van der Waals surface area contributed by atoms with Crippen LogP contribution in [0, 0.1) is 17.8 Å². The van der Waals surface area contributed by atoms with Gasteiger partial charge in [-0.15, -0.1) is 0 Å². The summed E-state index contributed by atoms with van der Waals surface area (Å²) in [5, 5.41) is 175. The fraction of sp³-hybridized carbons (Fsp3) is 0.581. The van der Waals surface area contributed by atoms with Crippen molar-refractivity contribution in [3.8, 4) is 57.1 Å². The van der Waals surface area contributed by atoms with E-state index in [2.05, 4.69) is 38.8 Å². The predicted molar refractivity (Wildman–Crippen MR) is 474 cm³/mol. The molecule has 7 aliphatic rings. The first-order valence-electron chi connectivity index (χ1n) is 45.0. The van der Waals surface area contributed by atoms with Crippen LogP contribution in [0.2, 0.25) is 10.0 Å². The molecule has 37 nitrogen and oxygen atoms in total. The van der Waals surface area contributed by atoms with Gasteiger partial charge in [-0.05, 0) is 142 Å².